The Labute approximate surface area is 451 Å². The van der Waals surface area contributed by atoms with E-state index in [1.54, 1.807) is 6.08 Å². The number of nitrogens with one attached hydrogen (secondary N) is 1. The molecule has 9 nitrogen and oxygen atoms in total. The van der Waals surface area contributed by atoms with Crippen LogP contribution in [0.2, 0.25) is 0 Å². The molecule has 0 spiro atoms. The first-order valence-corrected chi connectivity index (χ1v) is 31.7. The average Bonchev–Trinajstić information content (AvgIpc) is 3.39. The van der Waals surface area contributed by atoms with Crippen LogP contribution in [-0.4, -0.2) is 87.5 Å². The third-order valence-corrected chi connectivity index (χ3v) is 15.2. The van der Waals surface area contributed by atoms with Gasteiger partial charge in [0.15, 0.2) is 6.29 Å². The highest BCUT2D eigenvalue weighted by molar-refractivity contribution is 5.76. The molecule has 9 heteroatoms. The minimum atomic E-state index is -1.57. The summed E-state index contributed by atoms with van der Waals surface area (Å²) in [5, 5.41) is 54.5. The Balaban J connectivity index is 2.17. The molecule has 1 fully saturated rings. The summed E-state index contributed by atoms with van der Waals surface area (Å²) in [7, 11) is 0. The fourth-order valence-electron chi connectivity index (χ4n) is 10.2. The molecule has 1 heterocycles. The molecule has 6 N–H and O–H groups in total. The van der Waals surface area contributed by atoms with Crippen molar-refractivity contribution in [3.8, 4) is 0 Å². The van der Waals surface area contributed by atoms with Crippen LogP contribution in [0.1, 0.15) is 309 Å². The predicted molar refractivity (Wildman–Crippen MR) is 309 cm³/mol. The van der Waals surface area contributed by atoms with Crippen molar-refractivity contribution in [2.75, 3.05) is 13.2 Å². The molecule has 1 amide bonds. The average molecular weight is 1030 g/mol. The van der Waals surface area contributed by atoms with Gasteiger partial charge in [0, 0.05) is 6.42 Å². The summed E-state index contributed by atoms with van der Waals surface area (Å²) in [5.41, 5.74) is 0. The number of hydrogen-bond acceptors (Lipinski definition) is 8. The van der Waals surface area contributed by atoms with Gasteiger partial charge in [0.2, 0.25) is 5.91 Å². The quantitative estimate of drug-likeness (QED) is 0.0261. The van der Waals surface area contributed by atoms with Gasteiger partial charge >= 0.3 is 0 Å². The molecule has 0 aliphatic carbocycles. The van der Waals surface area contributed by atoms with Crippen LogP contribution in [0.25, 0.3) is 0 Å². The molecule has 73 heavy (non-hydrogen) atoms. The van der Waals surface area contributed by atoms with Crippen LogP contribution in [0, 0.1) is 0 Å². The largest absolute Gasteiger partial charge is 0.394 e. The van der Waals surface area contributed by atoms with Gasteiger partial charge in [0.1, 0.15) is 24.4 Å². The van der Waals surface area contributed by atoms with E-state index in [4.69, 9.17) is 9.47 Å². The number of allylic oxidation sites excluding steroid dienone is 5. The van der Waals surface area contributed by atoms with Crippen molar-refractivity contribution in [2.45, 2.75) is 352 Å². The van der Waals surface area contributed by atoms with Crippen molar-refractivity contribution in [1.82, 2.24) is 5.32 Å². The SMILES string of the molecule is CCCCCCCCCCCCCCCCCCCCCCCCC/C=C/CC/C=C/CC/C=C/C(O)C(COC1OC(CO)C(O)C(O)C1O)NC(=O)CCCCCCCCCCCCCCCCCCC. The number of aliphatic hydroxyl groups excluding tert-OH is 5. The summed E-state index contributed by atoms with van der Waals surface area (Å²) in [5.74, 6) is -0.186. The summed E-state index contributed by atoms with van der Waals surface area (Å²) in [6, 6.07) is -0.826. The Kier molecular flexibility index (Phi) is 51.2. The molecule has 0 aromatic carbocycles. The second-order valence-electron chi connectivity index (χ2n) is 22.2. The maximum absolute atomic E-state index is 13.0. The maximum atomic E-state index is 13.0. The zero-order valence-electron chi connectivity index (χ0n) is 47.9. The molecule has 0 aromatic heterocycles. The van der Waals surface area contributed by atoms with Crippen molar-refractivity contribution in [2.24, 2.45) is 0 Å². The Hall–Kier alpha value is -1.59. The number of amides is 1. The molecule has 1 aliphatic heterocycles. The summed E-state index contributed by atoms with van der Waals surface area (Å²) in [6.45, 7) is 3.80. The van der Waals surface area contributed by atoms with E-state index in [9.17, 15) is 30.3 Å². The van der Waals surface area contributed by atoms with Crippen molar-refractivity contribution in [3.05, 3.63) is 36.5 Å². The first kappa shape index (κ1) is 69.4. The van der Waals surface area contributed by atoms with Crippen molar-refractivity contribution < 1.29 is 39.8 Å². The minimum Gasteiger partial charge on any atom is -0.394 e. The van der Waals surface area contributed by atoms with E-state index in [0.717, 1.165) is 44.9 Å². The van der Waals surface area contributed by atoms with Gasteiger partial charge < -0.3 is 40.3 Å². The lowest BCUT2D eigenvalue weighted by Gasteiger charge is -2.40. The Bertz CT molecular complexity index is 1240. The van der Waals surface area contributed by atoms with Gasteiger partial charge in [0.25, 0.3) is 0 Å². The molecule has 430 valence electrons. The van der Waals surface area contributed by atoms with Crippen LogP contribution in [0.4, 0.5) is 0 Å². The lowest BCUT2D eigenvalue weighted by atomic mass is 9.99. The summed E-state index contributed by atoms with van der Waals surface area (Å²) in [4.78, 5) is 13.0. The molecule has 0 saturated carbocycles. The van der Waals surface area contributed by atoms with E-state index in [-0.39, 0.29) is 12.5 Å². The third kappa shape index (κ3) is 43.1. The number of hydrogen-bond donors (Lipinski definition) is 6. The van der Waals surface area contributed by atoms with E-state index in [1.165, 1.54) is 244 Å². The monoisotopic (exact) mass is 1030 g/mol. The van der Waals surface area contributed by atoms with Gasteiger partial charge in [-0.2, -0.15) is 0 Å². The summed E-state index contributed by atoms with van der Waals surface area (Å²) >= 11 is 0. The summed E-state index contributed by atoms with van der Waals surface area (Å²) < 4.78 is 11.3. The third-order valence-electron chi connectivity index (χ3n) is 15.2. The first-order valence-electron chi connectivity index (χ1n) is 31.7. The highest BCUT2D eigenvalue weighted by Crippen LogP contribution is 2.23. The van der Waals surface area contributed by atoms with E-state index in [2.05, 4.69) is 43.5 Å². The van der Waals surface area contributed by atoms with Crippen LogP contribution in [0.3, 0.4) is 0 Å². The second kappa shape index (κ2) is 53.8. The Morgan fingerprint density at radius 1 is 0.452 bits per heavy atom. The predicted octanol–water partition coefficient (Wildman–Crippen LogP) is 16.3. The van der Waals surface area contributed by atoms with E-state index < -0.39 is 49.5 Å². The van der Waals surface area contributed by atoms with Crippen LogP contribution < -0.4 is 5.32 Å². The van der Waals surface area contributed by atoms with Gasteiger partial charge in [-0.1, -0.05) is 294 Å². The molecule has 1 aliphatic rings. The van der Waals surface area contributed by atoms with Gasteiger partial charge in [-0.05, 0) is 44.9 Å². The molecular formula is C64H121NO8. The van der Waals surface area contributed by atoms with E-state index in [0.29, 0.717) is 6.42 Å². The number of aliphatic hydroxyl groups is 5. The van der Waals surface area contributed by atoms with Gasteiger partial charge in [-0.15, -0.1) is 0 Å². The molecule has 7 atom stereocenters. The minimum absolute atomic E-state index is 0.186. The lowest BCUT2D eigenvalue weighted by Crippen LogP contribution is -2.60. The molecule has 0 bridgehead atoms. The standard InChI is InChI=1S/C64H121NO8/c1-3-5-7-9-11-13-15-17-19-21-22-23-24-25-26-27-28-29-30-31-32-33-34-35-36-38-39-41-43-45-47-49-51-53-58(67)57(56-72-64-63(71)62(70)61(69)59(55-66)73-64)65-60(68)54-52-50-48-46-44-42-40-37-20-18-16-14-12-10-8-6-4-2/h36,38,43,45,51,53,57-59,61-64,66-67,69-71H,3-35,37,39-42,44,46-50,52,54-56H2,1-2H3,(H,65,68)/b38-36+,45-43+,53-51+. The summed E-state index contributed by atoms with van der Waals surface area (Å²) in [6.07, 6.45) is 63.9. The molecule has 1 saturated heterocycles. The Morgan fingerprint density at radius 2 is 0.781 bits per heavy atom. The van der Waals surface area contributed by atoms with Crippen LogP contribution in [0.15, 0.2) is 36.5 Å². The van der Waals surface area contributed by atoms with Gasteiger partial charge in [-0.3, -0.25) is 4.79 Å². The number of unbranched alkanes of at least 4 members (excludes halogenated alkanes) is 41. The van der Waals surface area contributed by atoms with Crippen molar-refractivity contribution in [1.29, 1.82) is 0 Å². The molecule has 0 aromatic rings. The van der Waals surface area contributed by atoms with Gasteiger partial charge in [-0.25, -0.2) is 0 Å². The van der Waals surface area contributed by atoms with Crippen LogP contribution in [0.5, 0.6) is 0 Å². The first-order chi connectivity index (χ1) is 35.8. The fraction of sp³-hybridized carbons (Fsp3) is 0.891. The number of carbonyl (C=O) groups excluding carboxylic acids is 1. The zero-order chi connectivity index (χ0) is 52.9. The number of carbonyl (C=O) groups is 1. The number of ether oxygens (including phenoxy) is 2. The lowest BCUT2D eigenvalue weighted by molar-refractivity contribution is -0.302. The smallest absolute Gasteiger partial charge is 0.220 e. The van der Waals surface area contributed by atoms with E-state index >= 15 is 0 Å². The van der Waals surface area contributed by atoms with Crippen LogP contribution >= 0.6 is 0 Å². The zero-order valence-corrected chi connectivity index (χ0v) is 47.9. The molecule has 1 rings (SSSR count). The second-order valence-corrected chi connectivity index (χ2v) is 22.2. The molecule has 7 unspecified atom stereocenters. The highest BCUT2D eigenvalue weighted by atomic mass is 16.7. The molecular weight excluding hydrogens is 911 g/mol. The Morgan fingerprint density at radius 3 is 1.15 bits per heavy atom. The fourth-order valence-corrected chi connectivity index (χ4v) is 10.2. The van der Waals surface area contributed by atoms with Crippen molar-refractivity contribution >= 4 is 5.91 Å². The molecule has 0 radical (unpaired) electrons. The number of rotatable bonds is 55. The highest BCUT2D eigenvalue weighted by Gasteiger charge is 2.44. The van der Waals surface area contributed by atoms with E-state index in [1.807, 2.05) is 6.08 Å². The van der Waals surface area contributed by atoms with Crippen LogP contribution in [-0.2, 0) is 14.3 Å². The maximum Gasteiger partial charge on any atom is 0.220 e. The normalized spacial score (nSPS) is 19.2. The van der Waals surface area contributed by atoms with Crippen molar-refractivity contribution in [3.63, 3.8) is 0 Å². The van der Waals surface area contributed by atoms with Gasteiger partial charge in [0.05, 0.1) is 25.4 Å². The topological polar surface area (TPSA) is 149 Å².